The maximum absolute atomic E-state index is 13.6. The third-order valence-electron chi connectivity index (χ3n) is 5.39. The van der Waals surface area contributed by atoms with Crippen LogP contribution in [0.2, 0.25) is 0 Å². The summed E-state index contributed by atoms with van der Waals surface area (Å²) in [5.74, 6) is -2.57. The monoisotopic (exact) mass is 521 g/mol. The lowest BCUT2D eigenvalue weighted by Gasteiger charge is -2.39. The number of hydrogen-bond acceptors (Lipinski definition) is 8. The van der Waals surface area contributed by atoms with E-state index in [1.807, 2.05) is 26.0 Å². The number of anilines is 1. The van der Waals surface area contributed by atoms with Crippen LogP contribution in [0.3, 0.4) is 0 Å². The molecule has 0 spiro atoms. The highest BCUT2D eigenvalue weighted by molar-refractivity contribution is 7.90. The van der Waals surface area contributed by atoms with Crippen molar-refractivity contribution >= 4 is 27.8 Å². The molecule has 1 saturated heterocycles. The highest BCUT2D eigenvalue weighted by Crippen LogP contribution is 2.33. The van der Waals surface area contributed by atoms with Crippen LogP contribution in [-0.4, -0.2) is 59.6 Å². The molecule has 9 nitrogen and oxygen atoms in total. The van der Waals surface area contributed by atoms with Crippen LogP contribution in [0, 0.1) is 5.82 Å². The number of aliphatic carboxylic acids is 1. The molecule has 0 aliphatic carbocycles. The maximum Gasteiger partial charge on any atom is 0.305 e. The smallest absolute Gasteiger partial charge is 0.305 e. The van der Waals surface area contributed by atoms with Gasteiger partial charge in [0.2, 0.25) is 5.95 Å². The fourth-order valence-electron chi connectivity index (χ4n) is 3.98. The Labute approximate surface area is 210 Å². The normalized spacial score (nSPS) is 20.1. The standard InChI is InChI=1S/C25H32FN3O6S/c1-15(2)22-20(11-10-18-12-19(13-21(30)31)35-25(3,4)34-18)23(16-6-8-17(26)9-7-16)29-24(28-22)27-14-36(5,32)33/h6-11,15,18-19H,12-14H2,1-5H3,(H,30,31)(H,27,28,29). The van der Waals surface area contributed by atoms with E-state index in [2.05, 4.69) is 15.3 Å². The molecule has 1 aromatic heterocycles. The Morgan fingerprint density at radius 1 is 1.25 bits per heavy atom. The molecular weight excluding hydrogens is 489 g/mol. The molecule has 2 unspecified atom stereocenters. The zero-order valence-corrected chi connectivity index (χ0v) is 21.8. The molecule has 1 aliphatic rings. The van der Waals surface area contributed by atoms with Gasteiger partial charge in [0, 0.05) is 23.8 Å². The predicted molar refractivity (Wildman–Crippen MR) is 135 cm³/mol. The zero-order chi connectivity index (χ0) is 26.7. The largest absolute Gasteiger partial charge is 0.481 e. The number of ether oxygens (including phenoxy) is 2. The summed E-state index contributed by atoms with van der Waals surface area (Å²) in [6.07, 6.45) is 4.01. The van der Waals surface area contributed by atoms with Crippen LogP contribution in [0.4, 0.5) is 10.3 Å². The SMILES string of the molecule is CC(C)c1nc(NCS(C)(=O)=O)nc(-c2ccc(F)cc2)c1C=CC1CC(CC(=O)O)OC(C)(C)O1. The third kappa shape index (κ3) is 7.81. The molecule has 2 aromatic rings. The van der Waals surface area contributed by atoms with Gasteiger partial charge in [-0.2, -0.15) is 0 Å². The van der Waals surface area contributed by atoms with E-state index in [0.717, 1.165) is 6.26 Å². The number of halogens is 1. The Morgan fingerprint density at radius 2 is 1.92 bits per heavy atom. The van der Waals surface area contributed by atoms with Crippen LogP contribution in [0.15, 0.2) is 30.3 Å². The molecule has 2 N–H and O–H groups in total. The summed E-state index contributed by atoms with van der Waals surface area (Å²) < 4.78 is 48.7. The van der Waals surface area contributed by atoms with E-state index in [0.29, 0.717) is 28.9 Å². The van der Waals surface area contributed by atoms with Crippen molar-refractivity contribution in [3.05, 3.63) is 47.4 Å². The van der Waals surface area contributed by atoms with Crippen LogP contribution in [0.1, 0.15) is 57.7 Å². The summed E-state index contributed by atoms with van der Waals surface area (Å²) in [6.45, 7) is 7.37. The van der Waals surface area contributed by atoms with Crippen LogP contribution in [0.5, 0.6) is 0 Å². The van der Waals surface area contributed by atoms with Crippen LogP contribution >= 0.6 is 0 Å². The van der Waals surface area contributed by atoms with Gasteiger partial charge in [0.25, 0.3) is 0 Å². The molecule has 2 atom stereocenters. The quantitative estimate of drug-likeness (QED) is 0.498. The van der Waals surface area contributed by atoms with Gasteiger partial charge in [-0.3, -0.25) is 4.79 Å². The topological polar surface area (TPSA) is 128 Å². The number of rotatable bonds is 9. The lowest BCUT2D eigenvalue weighted by Crippen LogP contribution is -2.44. The summed E-state index contributed by atoms with van der Waals surface area (Å²) in [5, 5.41) is 12.0. The van der Waals surface area contributed by atoms with Gasteiger partial charge in [-0.05, 0) is 44.0 Å². The summed E-state index contributed by atoms with van der Waals surface area (Å²) in [7, 11) is -3.32. The first-order valence-electron chi connectivity index (χ1n) is 11.6. The van der Waals surface area contributed by atoms with Crippen molar-refractivity contribution in [3.8, 4) is 11.3 Å². The van der Waals surface area contributed by atoms with Gasteiger partial charge >= 0.3 is 5.97 Å². The average Bonchev–Trinajstić information content (AvgIpc) is 2.74. The van der Waals surface area contributed by atoms with Crippen LogP contribution < -0.4 is 5.32 Å². The highest BCUT2D eigenvalue weighted by Gasteiger charge is 2.35. The molecule has 36 heavy (non-hydrogen) atoms. The molecule has 11 heteroatoms. The van der Waals surface area contributed by atoms with Crippen molar-refractivity contribution in [1.82, 2.24) is 9.97 Å². The minimum atomic E-state index is -3.32. The Hall–Kier alpha value is -2.89. The minimum Gasteiger partial charge on any atom is -0.481 e. The first kappa shape index (κ1) is 27.7. The molecule has 0 radical (unpaired) electrons. The van der Waals surface area contributed by atoms with Crippen molar-refractivity contribution in [2.45, 2.75) is 64.4 Å². The Morgan fingerprint density at radius 3 is 2.50 bits per heavy atom. The highest BCUT2D eigenvalue weighted by atomic mass is 32.2. The number of carbonyl (C=O) groups is 1. The molecule has 1 aromatic carbocycles. The maximum atomic E-state index is 13.6. The van der Waals surface area contributed by atoms with Crippen molar-refractivity contribution < 1.29 is 32.2 Å². The van der Waals surface area contributed by atoms with Gasteiger partial charge < -0.3 is 19.9 Å². The lowest BCUT2D eigenvalue weighted by atomic mass is 9.97. The van der Waals surface area contributed by atoms with Gasteiger partial charge in [0.1, 0.15) is 11.7 Å². The molecular formula is C25H32FN3O6S. The van der Waals surface area contributed by atoms with Gasteiger partial charge in [-0.1, -0.05) is 26.0 Å². The Bertz CT molecular complexity index is 1230. The number of hydrogen-bond donors (Lipinski definition) is 2. The lowest BCUT2D eigenvalue weighted by molar-refractivity contribution is -0.290. The summed E-state index contributed by atoms with van der Waals surface area (Å²) in [5.41, 5.74) is 2.45. The van der Waals surface area contributed by atoms with Gasteiger partial charge in [0.15, 0.2) is 15.6 Å². The van der Waals surface area contributed by atoms with Gasteiger partial charge in [-0.25, -0.2) is 22.8 Å². The predicted octanol–water partition coefficient (Wildman–Crippen LogP) is 4.22. The second-order valence-corrected chi connectivity index (χ2v) is 11.7. The van der Waals surface area contributed by atoms with E-state index in [1.54, 1.807) is 26.0 Å². The number of nitrogens with zero attached hydrogens (tertiary/aromatic N) is 2. The second-order valence-electron chi connectivity index (χ2n) is 9.59. The molecule has 0 amide bonds. The Balaban J connectivity index is 2.06. The summed E-state index contributed by atoms with van der Waals surface area (Å²) >= 11 is 0. The molecule has 0 bridgehead atoms. The molecule has 3 rings (SSSR count). The molecule has 2 heterocycles. The summed E-state index contributed by atoms with van der Waals surface area (Å²) in [6, 6.07) is 5.83. The Kier molecular flexibility index (Phi) is 8.48. The van der Waals surface area contributed by atoms with Crippen molar-refractivity contribution in [2.75, 3.05) is 17.4 Å². The third-order valence-corrected chi connectivity index (χ3v) is 6.06. The van der Waals surface area contributed by atoms with Crippen LogP contribution in [0.25, 0.3) is 17.3 Å². The van der Waals surface area contributed by atoms with Gasteiger partial charge in [-0.15, -0.1) is 0 Å². The van der Waals surface area contributed by atoms with Gasteiger partial charge in [0.05, 0.1) is 30.0 Å². The first-order valence-corrected chi connectivity index (χ1v) is 13.6. The molecule has 1 aliphatic heterocycles. The van der Waals surface area contributed by atoms with E-state index >= 15 is 0 Å². The van der Waals surface area contributed by atoms with Crippen LogP contribution in [-0.2, 0) is 24.1 Å². The number of carboxylic acids is 1. The fraction of sp³-hybridized carbons (Fsp3) is 0.480. The second kappa shape index (κ2) is 11.0. The van der Waals surface area contributed by atoms with E-state index in [4.69, 9.17) is 9.47 Å². The average molecular weight is 522 g/mol. The van der Waals surface area contributed by atoms with E-state index in [9.17, 15) is 22.7 Å². The molecule has 0 saturated carbocycles. The number of nitrogens with one attached hydrogen (secondary N) is 1. The van der Waals surface area contributed by atoms with Crippen molar-refractivity contribution in [2.24, 2.45) is 0 Å². The number of carboxylic acid groups (broad SMARTS) is 1. The first-order chi connectivity index (χ1) is 16.7. The molecule has 1 fully saturated rings. The van der Waals surface area contributed by atoms with Crippen molar-refractivity contribution in [3.63, 3.8) is 0 Å². The molecule has 196 valence electrons. The van der Waals surface area contributed by atoms with E-state index in [1.165, 1.54) is 12.1 Å². The van der Waals surface area contributed by atoms with E-state index < -0.39 is 39.6 Å². The van der Waals surface area contributed by atoms with E-state index in [-0.39, 0.29) is 24.2 Å². The minimum absolute atomic E-state index is 0.0579. The van der Waals surface area contributed by atoms with Crippen molar-refractivity contribution in [1.29, 1.82) is 0 Å². The number of sulfone groups is 1. The summed E-state index contributed by atoms with van der Waals surface area (Å²) in [4.78, 5) is 20.4. The fourth-order valence-corrected chi connectivity index (χ4v) is 4.38. The zero-order valence-electron chi connectivity index (χ0n) is 21.0. The number of benzene rings is 1. The number of aromatic nitrogens is 2.